The predicted octanol–water partition coefficient (Wildman–Crippen LogP) is 2.35. The van der Waals surface area contributed by atoms with Gasteiger partial charge in [-0.1, -0.05) is 12.1 Å². The predicted molar refractivity (Wildman–Crippen MR) is 92.5 cm³/mol. The van der Waals surface area contributed by atoms with Crippen molar-refractivity contribution in [3.8, 4) is 0 Å². The molecular formula is C16H16N3O4P. The lowest BCUT2D eigenvalue weighted by Gasteiger charge is -2.11. The van der Waals surface area contributed by atoms with Crippen molar-refractivity contribution in [2.45, 2.75) is 6.16 Å². The molecular weight excluding hydrogens is 329 g/mol. The first-order valence-corrected chi connectivity index (χ1v) is 8.98. The lowest BCUT2D eigenvalue weighted by atomic mass is 10.2. The smallest absolute Gasteiger partial charge is 0.329 e. The molecule has 0 aliphatic carbocycles. The molecule has 0 saturated heterocycles. The normalized spacial score (nSPS) is 11.6. The molecule has 7 nitrogen and oxygen atoms in total. The van der Waals surface area contributed by atoms with Crippen molar-refractivity contribution >= 4 is 29.9 Å². The van der Waals surface area contributed by atoms with E-state index in [1.54, 1.807) is 49.8 Å². The molecule has 0 unspecified atom stereocenters. The molecule has 0 bridgehead atoms. The summed E-state index contributed by atoms with van der Waals surface area (Å²) in [5.74, 6) is 0. The molecule has 8 heteroatoms. The number of pyridine rings is 2. The second-order valence-electron chi connectivity index (χ2n) is 5.50. The Balaban J connectivity index is 1.92. The van der Waals surface area contributed by atoms with E-state index in [2.05, 4.69) is 10.3 Å². The number of nitrogens with one attached hydrogen (secondary N) is 1. The van der Waals surface area contributed by atoms with E-state index in [-0.39, 0.29) is 11.7 Å². The van der Waals surface area contributed by atoms with Crippen LogP contribution >= 0.6 is 7.60 Å². The maximum atomic E-state index is 12.1. The van der Waals surface area contributed by atoms with Gasteiger partial charge in [-0.3, -0.25) is 14.3 Å². The minimum atomic E-state index is -4.08. The summed E-state index contributed by atoms with van der Waals surface area (Å²) in [6.45, 7) is 0. The molecule has 124 valence electrons. The number of rotatable bonds is 4. The SMILES string of the molecule is Cn1ccc2c(Nc3ccc(CP(=O)(O)O)cc3)ccnc2c1=O. The van der Waals surface area contributed by atoms with Gasteiger partial charge in [0.2, 0.25) is 0 Å². The van der Waals surface area contributed by atoms with E-state index in [4.69, 9.17) is 9.79 Å². The number of benzene rings is 1. The molecule has 0 aliphatic heterocycles. The molecule has 24 heavy (non-hydrogen) atoms. The summed E-state index contributed by atoms with van der Waals surface area (Å²) in [6.07, 6.45) is 2.95. The first-order chi connectivity index (χ1) is 11.3. The monoisotopic (exact) mass is 345 g/mol. The Morgan fingerprint density at radius 3 is 2.54 bits per heavy atom. The Bertz CT molecular complexity index is 992. The van der Waals surface area contributed by atoms with E-state index in [9.17, 15) is 9.36 Å². The third-order valence-corrected chi connectivity index (χ3v) is 4.38. The van der Waals surface area contributed by atoms with Crippen LogP contribution in [0.25, 0.3) is 10.9 Å². The Morgan fingerprint density at radius 1 is 1.17 bits per heavy atom. The summed E-state index contributed by atoms with van der Waals surface area (Å²) in [7, 11) is -2.41. The molecule has 3 N–H and O–H groups in total. The second-order valence-corrected chi connectivity index (χ2v) is 7.14. The van der Waals surface area contributed by atoms with Gasteiger partial charge >= 0.3 is 7.60 Å². The van der Waals surface area contributed by atoms with Crippen LogP contribution in [-0.2, 0) is 17.8 Å². The van der Waals surface area contributed by atoms with Gasteiger partial charge in [-0.2, -0.15) is 0 Å². The van der Waals surface area contributed by atoms with Crippen LogP contribution in [-0.4, -0.2) is 19.3 Å². The van der Waals surface area contributed by atoms with Crippen molar-refractivity contribution in [2.24, 2.45) is 7.05 Å². The van der Waals surface area contributed by atoms with E-state index >= 15 is 0 Å². The number of hydrogen-bond donors (Lipinski definition) is 3. The van der Waals surface area contributed by atoms with Crippen molar-refractivity contribution < 1.29 is 14.4 Å². The standard InChI is InChI=1S/C16H16N3O4P/c1-19-9-7-13-14(6-8-17-15(13)16(19)20)18-12-4-2-11(3-5-12)10-24(21,22)23/h2-9H,10H2,1H3,(H,17,18)(H2,21,22,23). The average Bonchev–Trinajstić information content (AvgIpc) is 2.52. The summed E-state index contributed by atoms with van der Waals surface area (Å²) >= 11 is 0. The van der Waals surface area contributed by atoms with Crippen molar-refractivity contribution in [1.82, 2.24) is 9.55 Å². The van der Waals surface area contributed by atoms with Crippen LogP contribution in [0, 0.1) is 0 Å². The van der Waals surface area contributed by atoms with E-state index in [1.807, 2.05) is 6.07 Å². The van der Waals surface area contributed by atoms with Crippen LogP contribution in [0.15, 0.2) is 53.6 Å². The molecule has 0 saturated carbocycles. The zero-order valence-corrected chi connectivity index (χ0v) is 13.8. The maximum Gasteiger partial charge on any atom is 0.329 e. The van der Waals surface area contributed by atoms with E-state index in [0.29, 0.717) is 16.5 Å². The van der Waals surface area contributed by atoms with Gasteiger partial charge in [0.05, 0.1) is 6.16 Å². The second kappa shape index (κ2) is 6.20. The molecule has 0 aliphatic rings. The zero-order valence-electron chi connectivity index (χ0n) is 12.9. The number of anilines is 2. The lowest BCUT2D eigenvalue weighted by molar-refractivity contribution is 0.371. The first kappa shape index (κ1) is 16.4. The third-order valence-electron chi connectivity index (χ3n) is 3.60. The van der Waals surface area contributed by atoms with E-state index in [1.165, 1.54) is 4.57 Å². The Kier molecular flexibility index (Phi) is 4.24. The molecule has 2 heterocycles. The quantitative estimate of drug-likeness (QED) is 0.627. The van der Waals surface area contributed by atoms with Crippen LogP contribution in [0.2, 0.25) is 0 Å². The summed E-state index contributed by atoms with van der Waals surface area (Å²) in [6, 6.07) is 10.4. The third kappa shape index (κ3) is 3.54. The van der Waals surface area contributed by atoms with Crippen LogP contribution in [0.4, 0.5) is 11.4 Å². The first-order valence-electron chi connectivity index (χ1n) is 7.18. The van der Waals surface area contributed by atoms with Crippen LogP contribution in [0.1, 0.15) is 5.56 Å². The number of hydrogen-bond acceptors (Lipinski definition) is 4. The number of nitrogens with zero attached hydrogens (tertiary/aromatic N) is 2. The Morgan fingerprint density at radius 2 is 1.88 bits per heavy atom. The van der Waals surface area contributed by atoms with Gasteiger partial charge in [0.25, 0.3) is 5.56 Å². The highest BCUT2D eigenvalue weighted by atomic mass is 31.2. The molecule has 2 aromatic heterocycles. The molecule has 0 spiro atoms. The van der Waals surface area contributed by atoms with Gasteiger partial charge in [0.1, 0.15) is 5.52 Å². The molecule has 3 aromatic rings. The van der Waals surface area contributed by atoms with Gasteiger partial charge in [0.15, 0.2) is 0 Å². The topological polar surface area (TPSA) is 104 Å². The summed E-state index contributed by atoms with van der Waals surface area (Å²) in [5, 5.41) is 3.91. The molecule has 3 rings (SSSR count). The molecule has 0 radical (unpaired) electrons. The van der Waals surface area contributed by atoms with Crippen molar-refractivity contribution in [2.75, 3.05) is 5.32 Å². The van der Waals surface area contributed by atoms with Gasteiger partial charge in [-0.25, -0.2) is 0 Å². The minimum Gasteiger partial charge on any atom is -0.355 e. The number of aryl methyl sites for hydroxylation is 1. The maximum absolute atomic E-state index is 12.1. The zero-order chi connectivity index (χ0) is 17.3. The fourth-order valence-corrected chi connectivity index (χ4v) is 3.12. The van der Waals surface area contributed by atoms with Crippen LogP contribution < -0.4 is 10.9 Å². The largest absolute Gasteiger partial charge is 0.355 e. The fourth-order valence-electron chi connectivity index (χ4n) is 2.43. The summed E-state index contributed by atoms with van der Waals surface area (Å²) in [4.78, 5) is 34.2. The molecule has 0 atom stereocenters. The molecule has 1 aromatic carbocycles. The average molecular weight is 345 g/mol. The Hall–Kier alpha value is -2.47. The number of fused-ring (bicyclic) bond motifs is 1. The van der Waals surface area contributed by atoms with E-state index < -0.39 is 7.60 Å². The van der Waals surface area contributed by atoms with Crippen LogP contribution in [0.3, 0.4) is 0 Å². The highest BCUT2D eigenvalue weighted by molar-refractivity contribution is 7.50. The summed E-state index contributed by atoms with van der Waals surface area (Å²) < 4.78 is 12.5. The van der Waals surface area contributed by atoms with Crippen molar-refractivity contribution in [3.63, 3.8) is 0 Å². The minimum absolute atomic E-state index is 0.173. The van der Waals surface area contributed by atoms with Crippen molar-refractivity contribution in [1.29, 1.82) is 0 Å². The van der Waals surface area contributed by atoms with Crippen molar-refractivity contribution in [3.05, 3.63) is 64.7 Å². The van der Waals surface area contributed by atoms with Gasteiger partial charge in [-0.05, 0) is 29.8 Å². The number of aromatic nitrogens is 2. The van der Waals surface area contributed by atoms with Gasteiger partial charge in [0, 0.05) is 36.2 Å². The summed E-state index contributed by atoms with van der Waals surface area (Å²) in [5.41, 5.74) is 2.25. The van der Waals surface area contributed by atoms with E-state index in [0.717, 1.165) is 11.4 Å². The lowest BCUT2D eigenvalue weighted by Crippen LogP contribution is -2.16. The molecule has 0 fully saturated rings. The highest BCUT2D eigenvalue weighted by Gasteiger charge is 2.13. The van der Waals surface area contributed by atoms with Gasteiger partial charge < -0.3 is 19.7 Å². The Labute approximate surface area is 137 Å². The van der Waals surface area contributed by atoms with Gasteiger partial charge in [-0.15, -0.1) is 0 Å². The molecule has 0 amide bonds. The highest BCUT2D eigenvalue weighted by Crippen LogP contribution is 2.39. The fraction of sp³-hybridized carbons (Fsp3) is 0.125. The van der Waals surface area contributed by atoms with Crippen LogP contribution in [0.5, 0.6) is 0 Å².